The largest absolute Gasteiger partial charge is 0.374 e. The molecule has 1 aromatic rings. The predicted molar refractivity (Wildman–Crippen MR) is 73.7 cm³/mol. The molecule has 3 rings (SSSR count). The Hall–Kier alpha value is -0.520. The topological polar surface area (TPSA) is 39.1 Å². The standard InChI is InChI=1S/C13H21N3OS/c1-16-5-4-14-12(16)9-15-11-2-6-17-13(8-11)3-7-18-10-13/h4-5,11,15H,2-3,6-10H2,1H3. The summed E-state index contributed by atoms with van der Waals surface area (Å²) in [5, 5.41) is 3.64. The van der Waals surface area contributed by atoms with Gasteiger partial charge in [0, 0.05) is 37.8 Å². The second-order valence-electron chi connectivity index (χ2n) is 5.36. The number of nitrogens with zero attached hydrogens (tertiary/aromatic N) is 2. The summed E-state index contributed by atoms with van der Waals surface area (Å²) < 4.78 is 8.11. The van der Waals surface area contributed by atoms with Gasteiger partial charge < -0.3 is 14.6 Å². The van der Waals surface area contributed by atoms with E-state index in [9.17, 15) is 0 Å². The van der Waals surface area contributed by atoms with Crippen LogP contribution in [0.25, 0.3) is 0 Å². The molecular formula is C13H21N3OS. The van der Waals surface area contributed by atoms with Crippen molar-refractivity contribution in [2.75, 3.05) is 18.1 Å². The number of thioether (sulfide) groups is 1. The predicted octanol–water partition coefficient (Wildman–Crippen LogP) is 1.56. The van der Waals surface area contributed by atoms with Gasteiger partial charge in [-0.1, -0.05) is 0 Å². The first-order valence-corrected chi connectivity index (χ1v) is 7.84. The van der Waals surface area contributed by atoms with Gasteiger partial charge in [0.2, 0.25) is 0 Å². The summed E-state index contributed by atoms with van der Waals surface area (Å²) in [5.41, 5.74) is 0.169. The maximum atomic E-state index is 6.04. The quantitative estimate of drug-likeness (QED) is 0.902. The Morgan fingerprint density at radius 3 is 3.33 bits per heavy atom. The van der Waals surface area contributed by atoms with Crippen molar-refractivity contribution in [2.24, 2.45) is 7.05 Å². The molecule has 0 amide bonds. The van der Waals surface area contributed by atoms with Crippen molar-refractivity contribution in [1.29, 1.82) is 0 Å². The molecule has 0 radical (unpaired) electrons. The minimum absolute atomic E-state index is 0.169. The maximum absolute atomic E-state index is 6.04. The van der Waals surface area contributed by atoms with Gasteiger partial charge in [-0.05, 0) is 25.0 Å². The van der Waals surface area contributed by atoms with Crippen LogP contribution in [0.15, 0.2) is 12.4 Å². The van der Waals surface area contributed by atoms with Gasteiger partial charge >= 0.3 is 0 Å². The van der Waals surface area contributed by atoms with Crippen LogP contribution in [0, 0.1) is 0 Å². The number of aromatic nitrogens is 2. The molecule has 3 heterocycles. The van der Waals surface area contributed by atoms with Crippen molar-refractivity contribution in [3.8, 4) is 0 Å². The van der Waals surface area contributed by atoms with Gasteiger partial charge in [0.1, 0.15) is 5.82 Å². The van der Waals surface area contributed by atoms with Gasteiger partial charge in [0.25, 0.3) is 0 Å². The minimum atomic E-state index is 0.169. The van der Waals surface area contributed by atoms with Crippen LogP contribution in [0.3, 0.4) is 0 Å². The molecule has 2 unspecified atom stereocenters. The van der Waals surface area contributed by atoms with Gasteiger partial charge in [0.05, 0.1) is 12.1 Å². The van der Waals surface area contributed by atoms with E-state index < -0.39 is 0 Å². The van der Waals surface area contributed by atoms with Crippen LogP contribution in [0.2, 0.25) is 0 Å². The fraction of sp³-hybridized carbons (Fsp3) is 0.769. The molecular weight excluding hydrogens is 246 g/mol. The molecule has 1 N–H and O–H groups in total. The Balaban J connectivity index is 1.55. The van der Waals surface area contributed by atoms with Crippen LogP contribution in [0.5, 0.6) is 0 Å². The summed E-state index contributed by atoms with van der Waals surface area (Å²) in [6.45, 7) is 1.76. The molecule has 100 valence electrons. The summed E-state index contributed by atoms with van der Waals surface area (Å²) in [4.78, 5) is 4.35. The Labute approximate surface area is 112 Å². The van der Waals surface area contributed by atoms with E-state index in [-0.39, 0.29) is 5.60 Å². The van der Waals surface area contributed by atoms with Crippen molar-refractivity contribution >= 4 is 11.8 Å². The van der Waals surface area contributed by atoms with Crippen LogP contribution in [0.1, 0.15) is 25.1 Å². The van der Waals surface area contributed by atoms with E-state index in [1.54, 1.807) is 0 Å². The highest BCUT2D eigenvalue weighted by Crippen LogP contribution is 2.38. The molecule has 0 aliphatic carbocycles. The van der Waals surface area contributed by atoms with Crippen LogP contribution in [-0.2, 0) is 18.3 Å². The Kier molecular flexibility index (Phi) is 3.63. The average Bonchev–Trinajstić information content (AvgIpc) is 2.97. The van der Waals surface area contributed by atoms with E-state index in [0.717, 1.165) is 31.8 Å². The summed E-state index contributed by atoms with van der Waals surface area (Å²) in [6.07, 6.45) is 7.35. The summed E-state index contributed by atoms with van der Waals surface area (Å²) in [5.74, 6) is 3.54. The van der Waals surface area contributed by atoms with Crippen molar-refractivity contribution in [2.45, 2.75) is 37.5 Å². The molecule has 0 bridgehead atoms. The summed E-state index contributed by atoms with van der Waals surface area (Å²) in [6, 6.07) is 0.578. The molecule has 5 heteroatoms. The van der Waals surface area contributed by atoms with E-state index >= 15 is 0 Å². The number of rotatable bonds is 3. The first-order chi connectivity index (χ1) is 8.77. The van der Waals surface area contributed by atoms with E-state index in [0.29, 0.717) is 6.04 Å². The highest BCUT2D eigenvalue weighted by molar-refractivity contribution is 7.99. The van der Waals surface area contributed by atoms with Crippen molar-refractivity contribution in [3.63, 3.8) is 0 Å². The van der Waals surface area contributed by atoms with Gasteiger partial charge in [-0.3, -0.25) is 0 Å². The minimum Gasteiger partial charge on any atom is -0.374 e. The van der Waals surface area contributed by atoms with Crippen molar-refractivity contribution in [1.82, 2.24) is 14.9 Å². The number of hydrogen-bond donors (Lipinski definition) is 1. The zero-order valence-electron chi connectivity index (χ0n) is 10.9. The van der Waals surface area contributed by atoms with E-state index in [1.807, 2.05) is 31.2 Å². The van der Waals surface area contributed by atoms with Crippen molar-refractivity contribution in [3.05, 3.63) is 18.2 Å². The lowest BCUT2D eigenvalue weighted by atomic mass is 9.90. The first kappa shape index (κ1) is 12.5. The molecule has 1 spiro atoms. The third kappa shape index (κ3) is 2.58. The molecule has 0 aromatic carbocycles. The first-order valence-electron chi connectivity index (χ1n) is 6.69. The number of nitrogens with one attached hydrogen (secondary N) is 1. The molecule has 0 saturated carbocycles. The van der Waals surface area contributed by atoms with Gasteiger partial charge in [-0.2, -0.15) is 11.8 Å². The molecule has 1 aromatic heterocycles. The molecule has 2 atom stereocenters. The van der Waals surface area contributed by atoms with E-state index in [1.165, 1.54) is 17.9 Å². The van der Waals surface area contributed by atoms with Gasteiger partial charge in [-0.25, -0.2) is 4.98 Å². The summed E-state index contributed by atoms with van der Waals surface area (Å²) in [7, 11) is 2.04. The maximum Gasteiger partial charge on any atom is 0.122 e. The lowest BCUT2D eigenvalue weighted by molar-refractivity contribution is -0.0703. The lowest BCUT2D eigenvalue weighted by Gasteiger charge is -2.38. The van der Waals surface area contributed by atoms with Crippen LogP contribution >= 0.6 is 11.8 Å². The Morgan fingerprint density at radius 2 is 2.61 bits per heavy atom. The van der Waals surface area contributed by atoms with Gasteiger partial charge in [0.15, 0.2) is 0 Å². The molecule has 4 nitrogen and oxygen atoms in total. The Bertz CT molecular complexity index is 401. The molecule has 2 aliphatic rings. The van der Waals surface area contributed by atoms with Gasteiger partial charge in [-0.15, -0.1) is 0 Å². The number of hydrogen-bond acceptors (Lipinski definition) is 4. The summed E-state index contributed by atoms with van der Waals surface area (Å²) >= 11 is 2.03. The number of ether oxygens (including phenoxy) is 1. The molecule has 2 saturated heterocycles. The second-order valence-corrected chi connectivity index (χ2v) is 6.46. The van der Waals surface area contributed by atoms with Crippen LogP contribution in [0.4, 0.5) is 0 Å². The fourth-order valence-electron chi connectivity index (χ4n) is 2.87. The van der Waals surface area contributed by atoms with Crippen LogP contribution in [-0.4, -0.2) is 39.3 Å². The SMILES string of the molecule is Cn1ccnc1CNC1CCOC2(CCSC2)C1. The number of aryl methyl sites for hydroxylation is 1. The third-order valence-electron chi connectivity index (χ3n) is 4.03. The monoisotopic (exact) mass is 267 g/mol. The van der Waals surface area contributed by atoms with Crippen LogP contribution < -0.4 is 5.32 Å². The average molecular weight is 267 g/mol. The normalized spacial score (nSPS) is 32.2. The zero-order valence-corrected chi connectivity index (χ0v) is 11.7. The molecule has 18 heavy (non-hydrogen) atoms. The third-order valence-corrected chi connectivity index (χ3v) is 5.25. The highest BCUT2D eigenvalue weighted by atomic mass is 32.2. The van der Waals surface area contributed by atoms with Crippen molar-refractivity contribution < 1.29 is 4.74 Å². The fourth-order valence-corrected chi connectivity index (χ4v) is 4.25. The highest BCUT2D eigenvalue weighted by Gasteiger charge is 2.40. The zero-order chi connectivity index (χ0) is 12.4. The van der Waals surface area contributed by atoms with E-state index in [4.69, 9.17) is 4.74 Å². The lowest BCUT2D eigenvalue weighted by Crippen LogP contribution is -2.47. The smallest absolute Gasteiger partial charge is 0.122 e. The Morgan fingerprint density at radius 1 is 1.67 bits per heavy atom. The molecule has 2 fully saturated rings. The van der Waals surface area contributed by atoms with E-state index in [2.05, 4.69) is 14.9 Å². The second kappa shape index (κ2) is 5.23. The number of imidazole rings is 1. The molecule has 2 aliphatic heterocycles.